The molecule has 2 aromatic rings. The molecule has 0 radical (unpaired) electrons. The van der Waals surface area contributed by atoms with Gasteiger partial charge in [-0.25, -0.2) is 9.59 Å². The number of hydrogen-bond acceptors (Lipinski definition) is 6. The zero-order valence-electron chi connectivity index (χ0n) is 18.7. The summed E-state index contributed by atoms with van der Waals surface area (Å²) < 4.78 is 5.59. The molecule has 0 unspecified atom stereocenters. The van der Waals surface area contributed by atoms with Gasteiger partial charge in [0.05, 0.1) is 23.5 Å². The normalized spacial score (nSPS) is 11.4. The number of carboxylic acid groups (broad SMARTS) is 1. The lowest BCUT2D eigenvalue weighted by Gasteiger charge is -2.29. The molecule has 0 aliphatic carbocycles. The minimum atomic E-state index is -0.994. The minimum absolute atomic E-state index is 0.164. The fourth-order valence-corrected chi connectivity index (χ4v) is 2.97. The molecule has 1 amide bonds. The van der Waals surface area contributed by atoms with Crippen molar-refractivity contribution in [3.05, 3.63) is 59.7 Å². The number of rotatable bonds is 10. The number of ether oxygens (including phenoxy) is 1. The van der Waals surface area contributed by atoms with E-state index in [2.05, 4.69) is 21.8 Å². The Bertz CT molecular complexity index is 835. The number of aromatic nitrogens is 2. The first kappa shape index (κ1) is 24.3. The van der Waals surface area contributed by atoms with Crippen LogP contribution in [0.1, 0.15) is 55.9 Å². The van der Waals surface area contributed by atoms with Gasteiger partial charge in [-0.2, -0.15) is 0 Å². The molecule has 0 saturated heterocycles. The summed E-state index contributed by atoms with van der Waals surface area (Å²) in [6.07, 6.45) is 3.65. The van der Waals surface area contributed by atoms with Gasteiger partial charge in [0.15, 0.2) is 0 Å². The Morgan fingerprint density at radius 2 is 1.74 bits per heavy atom. The van der Waals surface area contributed by atoms with Crippen LogP contribution in [-0.4, -0.2) is 62.2 Å². The number of pyridine rings is 2. The molecular formula is C23H32N4O4. The Kier molecular flexibility index (Phi) is 8.93. The van der Waals surface area contributed by atoms with E-state index in [4.69, 9.17) is 9.84 Å². The molecule has 0 bridgehead atoms. The largest absolute Gasteiger partial charge is 0.478 e. The molecule has 2 heterocycles. The summed E-state index contributed by atoms with van der Waals surface area (Å²) in [6.45, 7) is 10.5. The summed E-state index contributed by atoms with van der Waals surface area (Å²) in [5.74, 6) is -0.994. The Labute approximate surface area is 183 Å². The van der Waals surface area contributed by atoms with Crippen LogP contribution in [0.3, 0.4) is 0 Å². The minimum Gasteiger partial charge on any atom is -0.478 e. The van der Waals surface area contributed by atoms with E-state index in [0.29, 0.717) is 26.2 Å². The Balaban J connectivity index is 2.07. The van der Waals surface area contributed by atoms with Crippen LogP contribution in [0.15, 0.2) is 42.7 Å². The molecule has 1 N–H and O–H groups in total. The average Bonchev–Trinajstić information content (AvgIpc) is 2.71. The van der Waals surface area contributed by atoms with E-state index in [1.165, 1.54) is 6.20 Å². The number of hydrogen-bond donors (Lipinski definition) is 1. The summed E-state index contributed by atoms with van der Waals surface area (Å²) in [6, 6.07) is 8.90. The molecule has 0 atom stereocenters. The first-order valence-electron chi connectivity index (χ1n) is 10.5. The predicted octanol–water partition coefficient (Wildman–Crippen LogP) is 3.82. The SMILES string of the molecule is CCCN(CCN(Cc1ccccn1)C(=O)OC(C)(C)C)Cc1ccc(C(=O)O)cn1. The van der Waals surface area contributed by atoms with E-state index in [1.807, 2.05) is 39.0 Å². The van der Waals surface area contributed by atoms with Crippen LogP contribution in [-0.2, 0) is 17.8 Å². The molecule has 0 aliphatic rings. The van der Waals surface area contributed by atoms with Crippen molar-refractivity contribution in [2.24, 2.45) is 0 Å². The third-order valence-electron chi connectivity index (χ3n) is 4.41. The quantitative estimate of drug-likeness (QED) is 0.614. The summed E-state index contributed by atoms with van der Waals surface area (Å²) in [5, 5.41) is 9.04. The Morgan fingerprint density at radius 3 is 2.29 bits per heavy atom. The average molecular weight is 429 g/mol. The Morgan fingerprint density at radius 1 is 1.00 bits per heavy atom. The lowest BCUT2D eigenvalue weighted by molar-refractivity contribution is 0.0210. The van der Waals surface area contributed by atoms with E-state index < -0.39 is 11.6 Å². The van der Waals surface area contributed by atoms with Crippen molar-refractivity contribution in [2.45, 2.75) is 52.8 Å². The first-order valence-corrected chi connectivity index (χ1v) is 10.5. The highest BCUT2D eigenvalue weighted by Gasteiger charge is 2.23. The molecule has 0 aliphatic heterocycles. The van der Waals surface area contributed by atoms with Crippen molar-refractivity contribution in [1.82, 2.24) is 19.8 Å². The van der Waals surface area contributed by atoms with Crippen molar-refractivity contribution in [3.8, 4) is 0 Å². The number of carbonyl (C=O) groups excluding carboxylic acids is 1. The molecule has 2 aromatic heterocycles. The smallest absolute Gasteiger partial charge is 0.410 e. The van der Waals surface area contributed by atoms with E-state index in [-0.39, 0.29) is 11.7 Å². The van der Waals surface area contributed by atoms with Crippen LogP contribution < -0.4 is 0 Å². The van der Waals surface area contributed by atoms with Crippen molar-refractivity contribution in [2.75, 3.05) is 19.6 Å². The van der Waals surface area contributed by atoms with Gasteiger partial charge in [0.2, 0.25) is 0 Å². The van der Waals surface area contributed by atoms with Crippen LogP contribution >= 0.6 is 0 Å². The van der Waals surface area contributed by atoms with Crippen LogP contribution in [0, 0.1) is 0 Å². The molecule has 8 heteroatoms. The van der Waals surface area contributed by atoms with Gasteiger partial charge in [0.1, 0.15) is 5.60 Å². The van der Waals surface area contributed by atoms with Crippen LogP contribution in [0.25, 0.3) is 0 Å². The van der Waals surface area contributed by atoms with Crippen molar-refractivity contribution in [3.63, 3.8) is 0 Å². The van der Waals surface area contributed by atoms with E-state index in [1.54, 1.807) is 23.2 Å². The molecule has 31 heavy (non-hydrogen) atoms. The fourth-order valence-electron chi connectivity index (χ4n) is 2.97. The standard InChI is InChI=1S/C23H32N4O4/c1-5-12-26(16-20-10-9-18(15-25-20)21(28)29)13-14-27(22(30)31-23(2,3)4)17-19-8-6-7-11-24-19/h6-11,15H,5,12-14,16-17H2,1-4H3,(H,28,29). The first-order chi connectivity index (χ1) is 14.7. The highest BCUT2D eigenvalue weighted by Crippen LogP contribution is 2.13. The van der Waals surface area contributed by atoms with Crippen LogP contribution in [0.2, 0.25) is 0 Å². The lowest BCUT2D eigenvalue weighted by Crippen LogP contribution is -2.41. The summed E-state index contributed by atoms with van der Waals surface area (Å²) in [4.78, 5) is 36.3. The second kappa shape index (κ2) is 11.4. The lowest BCUT2D eigenvalue weighted by atomic mass is 10.2. The van der Waals surface area contributed by atoms with Crippen molar-refractivity contribution in [1.29, 1.82) is 0 Å². The number of nitrogens with zero attached hydrogens (tertiary/aromatic N) is 4. The monoisotopic (exact) mass is 428 g/mol. The zero-order chi connectivity index (χ0) is 22.9. The summed E-state index contributed by atoms with van der Waals surface area (Å²) in [7, 11) is 0. The third kappa shape index (κ3) is 8.72. The highest BCUT2D eigenvalue weighted by molar-refractivity contribution is 5.87. The number of amides is 1. The molecule has 168 valence electrons. The topological polar surface area (TPSA) is 95.9 Å². The van der Waals surface area contributed by atoms with Gasteiger partial charge in [-0.3, -0.25) is 14.9 Å². The molecule has 0 spiro atoms. The van der Waals surface area contributed by atoms with Crippen LogP contribution in [0.4, 0.5) is 4.79 Å². The maximum Gasteiger partial charge on any atom is 0.410 e. The molecule has 0 saturated carbocycles. The van der Waals surface area contributed by atoms with Crippen molar-refractivity contribution < 1.29 is 19.4 Å². The second-order valence-electron chi connectivity index (χ2n) is 8.34. The van der Waals surface area contributed by atoms with Gasteiger partial charge in [-0.15, -0.1) is 0 Å². The van der Waals surface area contributed by atoms with E-state index in [0.717, 1.165) is 24.4 Å². The van der Waals surface area contributed by atoms with E-state index >= 15 is 0 Å². The number of aromatic carboxylic acids is 1. The molecule has 8 nitrogen and oxygen atoms in total. The van der Waals surface area contributed by atoms with E-state index in [9.17, 15) is 9.59 Å². The number of carbonyl (C=O) groups is 2. The summed E-state index contributed by atoms with van der Waals surface area (Å²) in [5.41, 5.74) is 1.16. The molecule has 2 rings (SSSR count). The Hall–Kier alpha value is -3.00. The predicted molar refractivity (Wildman–Crippen MR) is 118 cm³/mol. The fraction of sp³-hybridized carbons (Fsp3) is 0.478. The molecular weight excluding hydrogens is 396 g/mol. The molecule has 0 fully saturated rings. The van der Waals surface area contributed by atoms with Gasteiger partial charge < -0.3 is 14.7 Å². The van der Waals surface area contributed by atoms with Gasteiger partial charge in [-0.05, 0) is 58.0 Å². The zero-order valence-corrected chi connectivity index (χ0v) is 18.7. The highest BCUT2D eigenvalue weighted by atomic mass is 16.6. The van der Waals surface area contributed by atoms with Crippen molar-refractivity contribution >= 4 is 12.1 Å². The summed E-state index contributed by atoms with van der Waals surface area (Å²) >= 11 is 0. The van der Waals surface area contributed by atoms with Gasteiger partial charge >= 0.3 is 12.1 Å². The second-order valence-corrected chi connectivity index (χ2v) is 8.34. The number of carboxylic acids is 1. The van der Waals surface area contributed by atoms with Gasteiger partial charge in [-0.1, -0.05) is 13.0 Å². The third-order valence-corrected chi connectivity index (χ3v) is 4.41. The van der Waals surface area contributed by atoms with Gasteiger partial charge in [0.25, 0.3) is 0 Å². The molecule has 0 aromatic carbocycles. The van der Waals surface area contributed by atoms with Crippen LogP contribution in [0.5, 0.6) is 0 Å². The van der Waals surface area contributed by atoms with Gasteiger partial charge in [0, 0.05) is 32.0 Å². The maximum atomic E-state index is 12.8. The maximum absolute atomic E-state index is 12.8.